The van der Waals surface area contributed by atoms with Gasteiger partial charge < -0.3 is 9.30 Å². The maximum absolute atomic E-state index is 12.5. The van der Waals surface area contributed by atoms with Crippen molar-refractivity contribution >= 4 is 22.9 Å². The molecule has 3 nitrogen and oxygen atoms in total. The lowest BCUT2D eigenvalue weighted by atomic mass is 10.1. The highest BCUT2D eigenvalue weighted by atomic mass is 19.4. The van der Waals surface area contributed by atoms with Crippen LogP contribution < -0.4 is 0 Å². The number of rotatable bonds is 3. The molecule has 2 aromatic rings. The van der Waals surface area contributed by atoms with Crippen molar-refractivity contribution in [2.45, 2.75) is 12.7 Å². The Balaban J connectivity index is 2.65. The number of benzene rings is 1. The molecule has 0 aliphatic rings. The first kappa shape index (κ1) is 14.2. The Labute approximate surface area is 113 Å². The highest BCUT2D eigenvalue weighted by Crippen LogP contribution is 2.27. The van der Waals surface area contributed by atoms with E-state index in [0.717, 1.165) is 4.57 Å². The first-order valence-corrected chi connectivity index (χ1v) is 5.76. The highest BCUT2D eigenvalue weighted by Gasteiger charge is 2.28. The molecule has 0 aliphatic heterocycles. The first-order valence-electron chi connectivity index (χ1n) is 5.76. The van der Waals surface area contributed by atoms with E-state index in [4.69, 9.17) is 0 Å². The second-order valence-electron chi connectivity index (χ2n) is 4.26. The number of nitrogens with zero attached hydrogens (tertiary/aromatic N) is 1. The number of methoxy groups -OCH3 is 1. The molecule has 1 aromatic carbocycles. The minimum absolute atomic E-state index is 0.223. The fraction of sp³-hybridized carbons (Fsp3) is 0.214. The number of hydrogen-bond donors (Lipinski definition) is 0. The molecule has 2 rings (SSSR count). The van der Waals surface area contributed by atoms with Crippen molar-refractivity contribution in [3.8, 4) is 0 Å². The average Bonchev–Trinajstić information content (AvgIpc) is 2.77. The molecule has 0 amide bonds. The molecule has 20 heavy (non-hydrogen) atoms. The Hall–Kier alpha value is -2.24. The highest BCUT2D eigenvalue weighted by molar-refractivity contribution is 6.04. The normalized spacial score (nSPS) is 11.6. The predicted octanol–water partition coefficient (Wildman–Crippen LogP) is 3.63. The number of ether oxygens (including phenoxy) is 1. The molecule has 0 radical (unpaired) electrons. The Morgan fingerprint density at radius 2 is 2.15 bits per heavy atom. The van der Waals surface area contributed by atoms with Crippen molar-refractivity contribution in [1.29, 1.82) is 0 Å². The number of fused-ring (bicyclic) bond motifs is 1. The number of carbonyl (C=O) groups excluding carboxylic acids is 1. The van der Waals surface area contributed by atoms with Crippen LogP contribution in [0, 0.1) is 0 Å². The molecule has 0 saturated heterocycles. The van der Waals surface area contributed by atoms with Crippen LogP contribution in [-0.2, 0) is 11.3 Å². The first-order chi connectivity index (χ1) is 9.35. The number of aromatic nitrogens is 1. The Morgan fingerprint density at radius 1 is 1.45 bits per heavy atom. The lowest BCUT2D eigenvalue weighted by molar-refractivity contribution is -0.139. The van der Waals surface area contributed by atoms with Crippen LogP contribution in [0.15, 0.2) is 31.0 Å². The largest absolute Gasteiger partial charge is 0.465 e. The summed E-state index contributed by atoms with van der Waals surface area (Å²) in [7, 11) is 1.22. The molecule has 0 atom stereocenters. The molecule has 1 aromatic heterocycles. The maximum Gasteiger partial charge on any atom is 0.406 e. The van der Waals surface area contributed by atoms with Crippen LogP contribution in [0.25, 0.3) is 17.0 Å². The number of esters is 1. The molecule has 6 heteroatoms. The van der Waals surface area contributed by atoms with Gasteiger partial charge in [0.05, 0.1) is 12.7 Å². The van der Waals surface area contributed by atoms with Gasteiger partial charge in [-0.2, -0.15) is 13.2 Å². The molecule has 0 spiro atoms. The third-order valence-corrected chi connectivity index (χ3v) is 2.90. The van der Waals surface area contributed by atoms with E-state index in [1.165, 1.54) is 25.4 Å². The zero-order chi connectivity index (χ0) is 14.9. The summed E-state index contributed by atoms with van der Waals surface area (Å²) in [5.41, 5.74) is 1.10. The fourth-order valence-electron chi connectivity index (χ4n) is 2.04. The monoisotopic (exact) mass is 283 g/mol. The zero-order valence-electron chi connectivity index (χ0n) is 10.7. The van der Waals surface area contributed by atoms with E-state index in [2.05, 4.69) is 11.3 Å². The Kier molecular flexibility index (Phi) is 3.57. The van der Waals surface area contributed by atoms with Crippen LogP contribution in [-0.4, -0.2) is 23.8 Å². The fourth-order valence-corrected chi connectivity index (χ4v) is 2.04. The molecular formula is C14H12F3NO2. The maximum atomic E-state index is 12.5. The van der Waals surface area contributed by atoms with Crippen molar-refractivity contribution in [2.24, 2.45) is 0 Å². The zero-order valence-corrected chi connectivity index (χ0v) is 10.7. The van der Waals surface area contributed by atoms with Gasteiger partial charge >= 0.3 is 12.1 Å². The molecule has 0 unspecified atom stereocenters. The van der Waals surface area contributed by atoms with E-state index in [-0.39, 0.29) is 5.56 Å². The van der Waals surface area contributed by atoms with Crippen LogP contribution in [0.4, 0.5) is 13.2 Å². The summed E-state index contributed by atoms with van der Waals surface area (Å²) in [5, 5.41) is 0.423. The average molecular weight is 283 g/mol. The summed E-state index contributed by atoms with van der Waals surface area (Å²) in [5.74, 6) is -0.594. The Bertz CT molecular complexity index is 671. The number of hydrogen-bond acceptors (Lipinski definition) is 2. The summed E-state index contributed by atoms with van der Waals surface area (Å²) in [6.45, 7) is 2.46. The van der Waals surface area contributed by atoms with Gasteiger partial charge in [-0.25, -0.2) is 4.79 Å². The molecule has 106 valence electrons. The summed E-state index contributed by atoms with van der Waals surface area (Å²) in [6, 6.07) is 4.57. The van der Waals surface area contributed by atoms with Gasteiger partial charge in [0.25, 0.3) is 0 Å². The number of carbonyl (C=O) groups is 1. The van der Waals surface area contributed by atoms with E-state index >= 15 is 0 Å². The lowest BCUT2D eigenvalue weighted by Gasteiger charge is -2.10. The van der Waals surface area contributed by atoms with Gasteiger partial charge in [-0.3, -0.25) is 0 Å². The van der Waals surface area contributed by atoms with E-state index in [1.807, 2.05) is 0 Å². The lowest BCUT2D eigenvalue weighted by Crippen LogP contribution is -2.16. The molecular weight excluding hydrogens is 271 g/mol. The molecule has 0 fully saturated rings. The van der Waals surface area contributed by atoms with Crippen LogP contribution in [0.5, 0.6) is 0 Å². The van der Waals surface area contributed by atoms with Crippen LogP contribution >= 0.6 is 0 Å². The molecule has 0 saturated carbocycles. The van der Waals surface area contributed by atoms with Crippen LogP contribution in [0.2, 0.25) is 0 Å². The molecule has 0 aliphatic carbocycles. The smallest absolute Gasteiger partial charge is 0.406 e. The van der Waals surface area contributed by atoms with E-state index in [1.54, 1.807) is 12.1 Å². The van der Waals surface area contributed by atoms with Gasteiger partial charge in [0, 0.05) is 17.1 Å². The van der Waals surface area contributed by atoms with Crippen molar-refractivity contribution in [3.63, 3.8) is 0 Å². The quantitative estimate of drug-likeness (QED) is 0.805. The third kappa shape index (κ3) is 2.68. The van der Waals surface area contributed by atoms with E-state index in [0.29, 0.717) is 16.5 Å². The second-order valence-corrected chi connectivity index (χ2v) is 4.26. The molecule has 0 N–H and O–H groups in total. The summed E-state index contributed by atoms with van der Waals surface area (Å²) >= 11 is 0. The topological polar surface area (TPSA) is 31.2 Å². The van der Waals surface area contributed by atoms with Crippen molar-refractivity contribution in [1.82, 2.24) is 4.57 Å². The van der Waals surface area contributed by atoms with Crippen molar-refractivity contribution in [3.05, 3.63) is 42.1 Å². The number of alkyl halides is 3. The minimum atomic E-state index is -4.33. The Morgan fingerprint density at radius 3 is 2.70 bits per heavy atom. The van der Waals surface area contributed by atoms with Gasteiger partial charge in [0.1, 0.15) is 6.54 Å². The van der Waals surface area contributed by atoms with E-state index < -0.39 is 18.7 Å². The van der Waals surface area contributed by atoms with Gasteiger partial charge in [-0.15, -0.1) is 0 Å². The summed E-state index contributed by atoms with van der Waals surface area (Å²) in [6.07, 6.45) is -1.56. The van der Waals surface area contributed by atoms with E-state index in [9.17, 15) is 18.0 Å². The van der Waals surface area contributed by atoms with Crippen LogP contribution in [0.1, 0.15) is 15.9 Å². The summed E-state index contributed by atoms with van der Waals surface area (Å²) < 4.78 is 43.3. The van der Waals surface area contributed by atoms with Gasteiger partial charge in [0.15, 0.2) is 0 Å². The molecule has 0 bridgehead atoms. The van der Waals surface area contributed by atoms with Crippen molar-refractivity contribution in [2.75, 3.05) is 7.11 Å². The van der Waals surface area contributed by atoms with Crippen molar-refractivity contribution < 1.29 is 22.7 Å². The minimum Gasteiger partial charge on any atom is -0.465 e. The van der Waals surface area contributed by atoms with Gasteiger partial charge in [0.2, 0.25) is 0 Å². The third-order valence-electron chi connectivity index (χ3n) is 2.90. The van der Waals surface area contributed by atoms with Crippen LogP contribution in [0.3, 0.4) is 0 Å². The standard InChI is InChI=1S/C14H12F3NO2/c1-3-9-6-11(13(19)20-2)10-4-5-18(12(10)7-9)8-14(15,16)17/h3-7H,1,8H2,2H3. The summed E-state index contributed by atoms with van der Waals surface area (Å²) in [4.78, 5) is 11.7. The predicted molar refractivity (Wildman–Crippen MR) is 69.4 cm³/mol. The second kappa shape index (κ2) is 5.03. The SMILES string of the molecule is C=Cc1cc(C(=O)OC)c2ccn(CC(F)(F)F)c2c1. The van der Waals surface area contributed by atoms with Gasteiger partial charge in [-0.05, 0) is 23.8 Å². The molecule has 1 heterocycles. The number of halogens is 3. The van der Waals surface area contributed by atoms with Gasteiger partial charge in [-0.1, -0.05) is 12.7 Å².